The van der Waals surface area contributed by atoms with Gasteiger partial charge < -0.3 is 14.7 Å². The topological polar surface area (TPSA) is 49.8 Å². The van der Waals surface area contributed by atoms with Crippen LogP contribution in [0.5, 0.6) is 5.75 Å². The van der Waals surface area contributed by atoms with E-state index in [0.29, 0.717) is 12.2 Å². The molecule has 1 aromatic heterocycles. The molecule has 1 saturated heterocycles. The van der Waals surface area contributed by atoms with Gasteiger partial charge in [0.15, 0.2) is 0 Å². The van der Waals surface area contributed by atoms with Gasteiger partial charge in [0.2, 0.25) is 0 Å². The van der Waals surface area contributed by atoms with E-state index in [1.54, 1.807) is 5.38 Å². The average Bonchev–Trinajstić information content (AvgIpc) is 2.93. The Kier molecular flexibility index (Phi) is 3.90. The first-order valence-electron chi connectivity index (χ1n) is 8.12. The Balaban J connectivity index is 1.94. The summed E-state index contributed by atoms with van der Waals surface area (Å²) in [5.41, 5.74) is 4.88. The zero-order valence-electron chi connectivity index (χ0n) is 13.5. The highest BCUT2D eigenvalue weighted by atomic mass is 32.1. The number of carbonyl (C=O) groups is 1. The van der Waals surface area contributed by atoms with Crippen LogP contribution in [0, 0.1) is 0 Å². The molecule has 2 aromatic rings. The molecule has 0 aliphatic carbocycles. The number of carboxylic acids is 1. The maximum atomic E-state index is 11.6. The number of carboxylic acid groups (broad SMARTS) is 1. The fraction of sp³-hybridized carbons (Fsp3) is 0.316. The van der Waals surface area contributed by atoms with Crippen LogP contribution in [0.15, 0.2) is 35.2 Å². The minimum Gasteiger partial charge on any atom is -0.488 e. The first-order chi connectivity index (χ1) is 11.6. The number of rotatable bonds is 1. The third-order valence-corrected chi connectivity index (χ3v) is 5.86. The predicted octanol–water partition coefficient (Wildman–Crippen LogP) is 3.87. The molecule has 1 fully saturated rings. The summed E-state index contributed by atoms with van der Waals surface area (Å²) in [5.74, 6) is -0.0338. The Morgan fingerprint density at radius 2 is 2.00 bits per heavy atom. The second kappa shape index (κ2) is 6.07. The van der Waals surface area contributed by atoms with E-state index in [1.165, 1.54) is 22.5 Å². The number of piperidine rings is 1. The highest BCUT2D eigenvalue weighted by molar-refractivity contribution is 7.11. The lowest BCUT2D eigenvalue weighted by molar-refractivity contribution is 0.0694. The molecular weight excluding hydrogens is 322 g/mol. The van der Waals surface area contributed by atoms with Gasteiger partial charge in [-0.2, -0.15) is 0 Å². The number of fused-ring (bicyclic) bond motifs is 2. The van der Waals surface area contributed by atoms with Crippen molar-refractivity contribution in [1.29, 1.82) is 0 Å². The summed E-state index contributed by atoms with van der Waals surface area (Å²) in [6, 6.07) is 8.05. The van der Waals surface area contributed by atoms with Crippen molar-refractivity contribution in [2.75, 3.05) is 20.1 Å². The number of ether oxygens (including phenoxy) is 1. The molecule has 2 aliphatic rings. The Morgan fingerprint density at radius 3 is 2.75 bits per heavy atom. The molecule has 1 N–H and O–H groups in total. The summed E-state index contributed by atoms with van der Waals surface area (Å²) in [5, 5.41) is 11.2. The number of thiophene rings is 1. The van der Waals surface area contributed by atoms with Gasteiger partial charge in [-0.3, -0.25) is 0 Å². The zero-order chi connectivity index (χ0) is 16.7. The second-order valence-corrected chi connectivity index (χ2v) is 7.21. The van der Waals surface area contributed by atoms with E-state index >= 15 is 0 Å². The van der Waals surface area contributed by atoms with Crippen LogP contribution in [0.1, 0.15) is 39.2 Å². The Bertz CT molecular complexity index is 827. The highest BCUT2D eigenvalue weighted by Crippen LogP contribution is 2.44. The van der Waals surface area contributed by atoms with Crippen molar-refractivity contribution < 1.29 is 14.6 Å². The van der Waals surface area contributed by atoms with Crippen molar-refractivity contribution in [2.45, 2.75) is 19.4 Å². The Hall–Kier alpha value is -2.11. The van der Waals surface area contributed by atoms with Crippen molar-refractivity contribution in [2.24, 2.45) is 0 Å². The Labute approximate surface area is 145 Å². The van der Waals surface area contributed by atoms with Crippen molar-refractivity contribution in [3.8, 4) is 5.75 Å². The minimum atomic E-state index is -0.880. The number of hydrogen-bond acceptors (Lipinski definition) is 4. The monoisotopic (exact) mass is 341 g/mol. The van der Waals surface area contributed by atoms with E-state index in [4.69, 9.17) is 4.74 Å². The summed E-state index contributed by atoms with van der Waals surface area (Å²) < 4.78 is 5.97. The van der Waals surface area contributed by atoms with Crippen LogP contribution in [0.3, 0.4) is 0 Å². The highest BCUT2D eigenvalue weighted by Gasteiger charge is 2.28. The molecule has 3 heterocycles. The molecule has 2 aliphatic heterocycles. The molecule has 0 radical (unpaired) electrons. The molecule has 5 heteroatoms. The summed E-state index contributed by atoms with van der Waals surface area (Å²) in [7, 11) is 2.14. The lowest BCUT2D eigenvalue weighted by Crippen LogP contribution is -2.26. The number of benzene rings is 1. The smallest absolute Gasteiger partial charge is 0.336 e. The molecule has 0 bridgehead atoms. The number of likely N-dealkylation sites (tertiary alicyclic amines) is 1. The molecule has 0 amide bonds. The van der Waals surface area contributed by atoms with Gasteiger partial charge in [0.1, 0.15) is 12.4 Å². The largest absolute Gasteiger partial charge is 0.488 e. The van der Waals surface area contributed by atoms with E-state index in [2.05, 4.69) is 18.0 Å². The van der Waals surface area contributed by atoms with Gasteiger partial charge in [-0.25, -0.2) is 4.79 Å². The van der Waals surface area contributed by atoms with Gasteiger partial charge in [-0.05, 0) is 26.0 Å². The van der Waals surface area contributed by atoms with Crippen molar-refractivity contribution in [1.82, 2.24) is 4.90 Å². The van der Waals surface area contributed by atoms with Crippen LogP contribution in [-0.2, 0) is 6.61 Å². The van der Waals surface area contributed by atoms with Gasteiger partial charge >= 0.3 is 5.97 Å². The molecule has 24 heavy (non-hydrogen) atoms. The Morgan fingerprint density at radius 1 is 1.25 bits per heavy atom. The minimum absolute atomic E-state index is 0.314. The molecule has 124 valence electrons. The summed E-state index contributed by atoms with van der Waals surface area (Å²) >= 11 is 1.53. The molecule has 0 saturated carbocycles. The van der Waals surface area contributed by atoms with Gasteiger partial charge in [-0.1, -0.05) is 23.8 Å². The predicted molar refractivity (Wildman–Crippen MR) is 94.8 cm³/mol. The number of para-hydroxylation sites is 1. The van der Waals surface area contributed by atoms with Gasteiger partial charge in [0.25, 0.3) is 0 Å². The lowest BCUT2D eigenvalue weighted by atomic mass is 9.90. The van der Waals surface area contributed by atoms with E-state index in [9.17, 15) is 9.90 Å². The first-order valence-corrected chi connectivity index (χ1v) is 9.00. The molecule has 4 rings (SSSR count). The number of aromatic carboxylic acids is 1. The van der Waals surface area contributed by atoms with Crippen molar-refractivity contribution in [3.63, 3.8) is 0 Å². The van der Waals surface area contributed by atoms with E-state index in [0.717, 1.165) is 47.7 Å². The van der Waals surface area contributed by atoms with Crippen molar-refractivity contribution in [3.05, 3.63) is 56.8 Å². The SMILES string of the molecule is CN1CCC(=C2c3ccccc3OCc3c(C(=O)O)csc32)CC1. The van der Waals surface area contributed by atoms with Gasteiger partial charge in [-0.15, -0.1) is 11.3 Å². The average molecular weight is 341 g/mol. The third kappa shape index (κ3) is 2.54. The first kappa shape index (κ1) is 15.4. The third-order valence-electron chi connectivity index (χ3n) is 4.82. The normalized spacial score (nSPS) is 17.7. The van der Waals surface area contributed by atoms with Gasteiger partial charge in [0.05, 0.1) is 5.56 Å². The molecule has 4 nitrogen and oxygen atoms in total. The molecule has 0 atom stereocenters. The molecule has 0 unspecified atom stereocenters. The van der Waals surface area contributed by atoms with E-state index in [-0.39, 0.29) is 0 Å². The zero-order valence-corrected chi connectivity index (χ0v) is 14.4. The van der Waals surface area contributed by atoms with Crippen LogP contribution in [0.4, 0.5) is 0 Å². The molecule has 0 spiro atoms. The standard InChI is InChI=1S/C19H19NO3S/c1-20-8-6-12(7-9-20)17-13-4-2-3-5-16(13)23-10-14-15(19(21)22)11-24-18(14)17/h2-5,11H,6-10H2,1H3,(H,21,22). The fourth-order valence-electron chi connectivity index (χ4n) is 3.48. The number of nitrogens with zero attached hydrogens (tertiary/aromatic N) is 1. The van der Waals surface area contributed by atoms with Crippen LogP contribution >= 0.6 is 11.3 Å². The van der Waals surface area contributed by atoms with Crippen LogP contribution < -0.4 is 4.74 Å². The van der Waals surface area contributed by atoms with Crippen LogP contribution in [-0.4, -0.2) is 36.1 Å². The molecular formula is C19H19NO3S. The van der Waals surface area contributed by atoms with E-state index < -0.39 is 5.97 Å². The maximum absolute atomic E-state index is 11.6. The van der Waals surface area contributed by atoms with Gasteiger partial charge in [0, 0.05) is 40.0 Å². The quantitative estimate of drug-likeness (QED) is 0.855. The van der Waals surface area contributed by atoms with Crippen LogP contribution in [0.2, 0.25) is 0 Å². The summed E-state index contributed by atoms with van der Waals surface area (Å²) in [4.78, 5) is 15.0. The number of hydrogen-bond donors (Lipinski definition) is 1. The maximum Gasteiger partial charge on any atom is 0.336 e. The second-order valence-electron chi connectivity index (χ2n) is 6.33. The summed E-state index contributed by atoms with van der Waals surface area (Å²) in [6.45, 7) is 2.39. The van der Waals surface area contributed by atoms with Crippen LogP contribution in [0.25, 0.3) is 5.57 Å². The molecule has 1 aromatic carbocycles. The fourth-order valence-corrected chi connectivity index (χ4v) is 4.64. The van der Waals surface area contributed by atoms with Crippen molar-refractivity contribution >= 4 is 22.9 Å². The summed E-state index contributed by atoms with van der Waals surface area (Å²) in [6.07, 6.45) is 2.03. The lowest BCUT2D eigenvalue weighted by Gasteiger charge is -2.26. The van der Waals surface area contributed by atoms with E-state index in [1.807, 2.05) is 18.2 Å².